The lowest BCUT2D eigenvalue weighted by molar-refractivity contribution is -0.119. The fourth-order valence-electron chi connectivity index (χ4n) is 3.16. The van der Waals surface area contributed by atoms with Crippen molar-refractivity contribution < 1.29 is 9.59 Å². The summed E-state index contributed by atoms with van der Waals surface area (Å²) in [6, 6.07) is 13.7. The van der Waals surface area contributed by atoms with Crippen molar-refractivity contribution in [3.05, 3.63) is 59.2 Å². The summed E-state index contributed by atoms with van der Waals surface area (Å²) in [6.07, 6.45) is 0. The first-order valence-electron chi connectivity index (χ1n) is 10.2. The van der Waals surface area contributed by atoms with Crippen LogP contribution in [0.4, 0.5) is 5.69 Å². The molecule has 2 rings (SSSR count). The molecule has 5 heteroatoms. The number of hydrogen-bond donors (Lipinski definition) is 2. The van der Waals surface area contributed by atoms with E-state index in [1.165, 1.54) is 11.8 Å². The van der Waals surface area contributed by atoms with Gasteiger partial charge in [0, 0.05) is 16.6 Å². The number of amides is 2. The number of carbonyl (C=O) groups excluding carboxylic acids is 2. The SMILES string of the molecule is CC(C)NC(=O)CSc1ccccc1C(=O)Nc1c(C(C)C)cccc1C(C)C. The van der Waals surface area contributed by atoms with E-state index in [2.05, 4.69) is 56.5 Å². The first-order valence-corrected chi connectivity index (χ1v) is 11.1. The second-order valence-corrected chi connectivity index (χ2v) is 9.10. The van der Waals surface area contributed by atoms with Crippen molar-refractivity contribution in [3.8, 4) is 0 Å². The van der Waals surface area contributed by atoms with Crippen LogP contribution >= 0.6 is 11.8 Å². The molecule has 0 heterocycles. The van der Waals surface area contributed by atoms with Crippen LogP contribution in [-0.4, -0.2) is 23.6 Å². The number of rotatable bonds is 8. The van der Waals surface area contributed by atoms with Crippen molar-refractivity contribution in [2.75, 3.05) is 11.1 Å². The summed E-state index contributed by atoms with van der Waals surface area (Å²) < 4.78 is 0. The van der Waals surface area contributed by atoms with Gasteiger partial charge in [-0.2, -0.15) is 0 Å². The topological polar surface area (TPSA) is 58.2 Å². The first-order chi connectivity index (χ1) is 13.7. The number of carbonyl (C=O) groups is 2. The van der Waals surface area contributed by atoms with Crippen molar-refractivity contribution in [2.45, 2.75) is 64.3 Å². The molecule has 0 atom stereocenters. The van der Waals surface area contributed by atoms with Crippen molar-refractivity contribution in [3.63, 3.8) is 0 Å². The van der Waals surface area contributed by atoms with Gasteiger partial charge in [0.05, 0.1) is 11.3 Å². The van der Waals surface area contributed by atoms with Gasteiger partial charge in [-0.05, 0) is 48.9 Å². The van der Waals surface area contributed by atoms with Crippen LogP contribution in [0.15, 0.2) is 47.4 Å². The minimum absolute atomic E-state index is 0.0348. The van der Waals surface area contributed by atoms with E-state index in [0.29, 0.717) is 17.4 Å². The Bertz CT molecular complexity index is 833. The van der Waals surface area contributed by atoms with E-state index in [4.69, 9.17) is 0 Å². The van der Waals surface area contributed by atoms with Gasteiger partial charge in [0.25, 0.3) is 5.91 Å². The maximum Gasteiger partial charge on any atom is 0.256 e. The van der Waals surface area contributed by atoms with Gasteiger partial charge in [-0.25, -0.2) is 0 Å². The third-order valence-electron chi connectivity index (χ3n) is 4.55. The van der Waals surface area contributed by atoms with E-state index in [0.717, 1.165) is 21.7 Å². The molecule has 0 saturated carbocycles. The Hall–Kier alpha value is -2.27. The molecular formula is C24H32N2O2S. The zero-order chi connectivity index (χ0) is 21.6. The maximum atomic E-state index is 13.2. The molecule has 0 aliphatic carbocycles. The minimum atomic E-state index is -0.146. The summed E-state index contributed by atoms with van der Waals surface area (Å²) in [6.45, 7) is 12.4. The average molecular weight is 413 g/mol. The summed E-state index contributed by atoms with van der Waals surface area (Å²) in [5.74, 6) is 0.698. The second-order valence-electron chi connectivity index (χ2n) is 8.08. The number of para-hydroxylation sites is 1. The lowest BCUT2D eigenvalue weighted by Gasteiger charge is -2.20. The molecule has 0 bridgehead atoms. The van der Waals surface area contributed by atoms with Gasteiger partial charge in [-0.1, -0.05) is 58.0 Å². The molecule has 0 saturated heterocycles. The Morgan fingerprint density at radius 2 is 1.45 bits per heavy atom. The summed E-state index contributed by atoms with van der Waals surface area (Å²) in [5, 5.41) is 6.05. The van der Waals surface area contributed by atoms with Crippen molar-refractivity contribution in [2.24, 2.45) is 0 Å². The van der Waals surface area contributed by atoms with Crippen LogP contribution in [0, 0.1) is 0 Å². The highest BCUT2D eigenvalue weighted by Crippen LogP contribution is 2.33. The van der Waals surface area contributed by atoms with Crippen LogP contribution in [0.2, 0.25) is 0 Å². The van der Waals surface area contributed by atoms with E-state index in [9.17, 15) is 9.59 Å². The van der Waals surface area contributed by atoms with Gasteiger partial charge >= 0.3 is 0 Å². The quantitative estimate of drug-likeness (QED) is 0.539. The monoisotopic (exact) mass is 412 g/mol. The van der Waals surface area contributed by atoms with Crippen molar-refractivity contribution in [1.29, 1.82) is 0 Å². The predicted octanol–water partition coefficient (Wildman–Crippen LogP) is 5.80. The lowest BCUT2D eigenvalue weighted by atomic mass is 9.92. The Balaban J connectivity index is 2.28. The van der Waals surface area contributed by atoms with Crippen LogP contribution in [-0.2, 0) is 4.79 Å². The number of anilines is 1. The Labute approximate surface area is 178 Å². The molecule has 0 aliphatic rings. The van der Waals surface area contributed by atoms with E-state index in [-0.39, 0.29) is 23.6 Å². The van der Waals surface area contributed by atoms with Gasteiger partial charge in [0.2, 0.25) is 5.91 Å². The molecule has 0 radical (unpaired) electrons. The molecule has 156 valence electrons. The van der Waals surface area contributed by atoms with Crippen molar-refractivity contribution >= 4 is 29.3 Å². The highest BCUT2D eigenvalue weighted by atomic mass is 32.2. The Kier molecular flexibility index (Phi) is 8.32. The van der Waals surface area contributed by atoms with E-state index >= 15 is 0 Å². The predicted molar refractivity (Wildman–Crippen MR) is 123 cm³/mol. The van der Waals surface area contributed by atoms with Gasteiger partial charge in [0.15, 0.2) is 0 Å². The van der Waals surface area contributed by atoms with Gasteiger partial charge in [-0.3, -0.25) is 9.59 Å². The molecule has 2 amide bonds. The number of hydrogen-bond acceptors (Lipinski definition) is 3. The molecular weight excluding hydrogens is 380 g/mol. The molecule has 2 N–H and O–H groups in total. The average Bonchev–Trinajstić information content (AvgIpc) is 2.65. The van der Waals surface area contributed by atoms with E-state index in [1.807, 2.05) is 38.1 Å². The fraction of sp³-hybridized carbons (Fsp3) is 0.417. The number of benzene rings is 2. The zero-order valence-corrected chi connectivity index (χ0v) is 19.0. The molecule has 0 fully saturated rings. The molecule has 0 spiro atoms. The van der Waals surface area contributed by atoms with Crippen molar-refractivity contribution in [1.82, 2.24) is 5.32 Å². The third-order valence-corrected chi connectivity index (χ3v) is 5.63. The zero-order valence-electron chi connectivity index (χ0n) is 18.2. The van der Waals surface area contributed by atoms with E-state index < -0.39 is 0 Å². The summed E-state index contributed by atoms with van der Waals surface area (Å²) >= 11 is 1.38. The number of thioether (sulfide) groups is 1. The number of nitrogens with one attached hydrogen (secondary N) is 2. The standard InChI is InChI=1S/C24H32N2O2S/c1-15(2)18-11-9-12-19(16(3)4)23(18)26-24(28)20-10-7-8-13-21(20)29-14-22(27)25-17(5)6/h7-13,15-17H,14H2,1-6H3,(H,25,27)(H,26,28). The summed E-state index contributed by atoms with van der Waals surface area (Å²) in [5.41, 5.74) is 3.75. The maximum absolute atomic E-state index is 13.2. The molecule has 0 aromatic heterocycles. The molecule has 2 aromatic rings. The Morgan fingerprint density at radius 3 is 2.00 bits per heavy atom. The molecule has 4 nitrogen and oxygen atoms in total. The molecule has 0 aliphatic heterocycles. The lowest BCUT2D eigenvalue weighted by Crippen LogP contribution is -2.31. The van der Waals surface area contributed by atoms with Crippen LogP contribution in [0.5, 0.6) is 0 Å². The fourth-order valence-corrected chi connectivity index (χ4v) is 4.02. The van der Waals surface area contributed by atoms with E-state index in [1.54, 1.807) is 0 Å². The summed E-state index contributed by atoms with van der Waals surface area (Å²) in [4.78, 5) is 26.0. The summed E-state index contributed by atoms with van der Waals surface area (Å²) in [7, 11) is 0. The van der Waals surface area contributed by atoms with Crippen LogP contribution in [0.25, 0.3) is 0 Å². The van der Waals surface area contributed by atoms with Crippen LogP contribution in [0.3, 0.4) is 0 Å². The third kappa shape index (κ3) is 6.36. The smallest absolute Gasteiger partial charge is 0.256 e. The largest absolute Gasteiger partial charge is 0.353 e. The van der Waals surface area contributed by atoms with Crippen LogP contribution < -0.4 is 10.6 Å². The van der Waals surface area contributed by atoms with Gasteiger partial charge in [0.1, 0.15) is 0 Å². The van der Waals surface area contributed by atoms with Gasteiger partial charge in [-0.15, -0.1) is 11.8 Å². The highest BCUT2D eigenvalue weighted by molar-refractivity contribution is 8.00. The highest BCUT2D eigenvalue weighted by Gasteiger charge is 2.19. The minimum Gasteiger partial charge on any atom is -0.353 e. The molecule has 0 unspecified atom stereocenters. The molecule has 2 aromatic carbocycles. The molecule has 29 heavy (non-hydrogen) atoms. The second kappa shape index (κ2) is 10.5. The van der Waals surface area contributed by atoms with Crippen LogP contribution in [0.1, 0.15) is 74.9 Å². The normalized spacial score (nSPS) is 11.2. The Morgan fingerprint density at radius 1 is 0.862 bits per heavy atom. The first kappa shape index (κ1) is 23.0. The van der Waals surface area contributed by atoms with Gasteiger partial charge < -0.3 is 10.6 Å².